The average Bonchev–Trinajstić information content (AvgIpc) is 3.15. The predicted molar refractivity (Wildman–Crippen MR) is 98.1 cm³/mol. The Kier molecular flexibility index (Phi) is 5.17. The molecule has 3 rings (SSSR count). The van der Waals surface area contributed by atoms with E-state index >= 15 is 0 Å². The Morgan fingerprint density at radius 2 is 2.07 bits per heavy atom. The molecule has 1 aromatic carbocycles. The summed E-state index contributed by atoms with van der Waals surface area (Å²) in [6.07, 6.45) is 3.99. The van der Waals surface area contributed by atoms with Crippen molar-refractivity contribution < 1.29 is 13.3 Å². The average molecular weight is 389 g/mol. The third kappa shape index (κ3) is 4.10. The highest BCUT2D eigenvalue weighted by Crippen LogP contribution is 2.26. The number of anilines is 1. The third-order valence-electron chi connectivity index (χ3n) is 3.61. The number of nitrogen functional groups attached to an aromatic ring is 1. The van der Waals surface area contributed by atoms with Crippen LogP contribution in [0.4, 0.5) is 5.82 Å². The lowest BCUT2D eigenvalue weighted by Gasteiger charge is -2.12. The number of rotatable bonds is 6. The van der Waals surface area contributed by atoms with Gasteiger partial charge in [-0.15, -0.1) is 0 Å². The first-order valence-corrected chi connectivity index (χ1v) is 9.52. The molecule has 0 aliphatic rings. The van der Waals surface area contributed by atoms with Crippen molar-refractivity contribution in [2.45, 2.75) is 31.8 Å². The molecule has 2 heterocycles. The second-order valence-corrected chi connectivity index (χ2v) is 7.68. The minimum Gasteiger partial charge on any atom is -0.381 e. The maximum absolute atomic E-state index is 12.4. The quantitative estimate of drug-likeness (QED) is 0.600. The summed E-state index contributed by atoms with van der Waals surface area (Å²) in [5.41, 5.74) is 7.75. The third-order valence-corrected chi connectivity index (χ3v) is 4.80. The van der Waals surface area contributed by atoms with Gasteiger partial charge in [0.25, 0.3) is 10.0 Å². The topological polar surface area (TPSA) is 138 Å². The Balaban J connectivity index is 2.04. The SMILES string of the molecule is Cc1ccc(S(=O)(=O)NOC(C)C)cc1-c1cnc(N)c(-n2cncn2)n1. The van der Waals surface area contributed by atoms with E-state index < -0.39 is 10.0 Å². The molecule has 0 saturated heterocycles. The zero-order valence-corrected chi connectivity index (χ0v) is 15.8. The summed E-state index contributed by atoms with van der Waals surface area (Å²) in [4.78, 5) is 19.7. The molecule has 0 amide bonds. The van der Waals surface area contributed by atoms with Gasteiger partial charge in [0, 0.05) is 5.56 Å². The second kappa shape index (κ2) is 7.39. The smallest absolute Gasteiger partial charge is 0.262 e. The minimum atomic E-state index is -3.84. The Bertz CT molecular complexity index is 1050. The minimum absolute atomic E-state index is 0.0460. The first-order chi connectivity index (χ1) is 12.8. The fourth-order valence-corrected chi connectivity index (χ4v) is 3.19. The van der Waals surface area contributed by atoms with Gasteiger partial charge >= 0.3 is 0 Å². The van der Waals surface area contributed by atoms with Crippen LogP contribution in [-0.2, 0) is 14.9 Å². The van der Waals surface area contributed by atoms with Crippen molar-refractivity contribution in [2.75, 3.05) is 5.73 Å². The number of nitrogens with one attached hydrogen (secondary N) is 1. The number of hydrogen-bond donors (Lipinski definition) is 2. The molecule has 3 aromatic rings. The van der Waals surface area contributed by atoms with Gasteiger partial charge in [-0.25, -0.2) is 23.4 Å². The summed E-state index contributed by atoms with van der Waals surface area (Å²) >= 11 is 0. The van der Waals surface area contributed by atoms with Crippen molar-refractivity contribution in [2.24, 2.45) is 0 Å². The second-order valence-electron chi connectivity index (χ2n) is 6.03. The molecule has 0 radical (unpaired) electrons. The number of nitrogens with zero attached hydrogens (tertiary/aromatic N) is 5. The molecule has 0 atom stereocenters. The van der Waals surface area contributed by atoms with Crippen molar-refractivity contribution in [3.63, 3.8) is 0 Å². The highest BCUT2D eigenvalue weighted by Gasteiger charge is 2.18. The monoisotopic (exact) mass is 389 g/mol. The molecule has 10 nitrogen and oxygen atoms in total. The number of aryl methyl sites for hydroxylation is 1. The highest BCUT2D eigenvalue weighted by molar-refractivity contribution is 7.89. The lowest BCUT2D eigenvalue weighted by molar-refractivity contribution is 0.0409. The van der Waals surface area contributed by atoms with E-state index in [9.17, 15) is 8.42 Å². The van der Waals surface area contributed by atoms with E-state index in [4.69, 9.17) is 10.6 Å². The first-order valence-electron chi connectivity index (χ1n) is 8.04. The summed E-state index contributed by atoms with van der Waals surface area (Å²) in [5, 5.41) is 4.00. The van der Waals surface area contributed by atoms with E-state index in [1.807, 2.05) is 6.92 Å². The fraction of sp³-hybridized carbons (Fsp3) is 0.250. The van der Waals surface area contributed by atoms with Crippen molar-refractivity contribution in [3.05, 3.63) is 42.6 Å². The molecule has 0 aliphatic carbocycles. The molecule has 0 saturated carbocycles. The van der Waals surface area contributed by atoms with Crippen molar-refractivity contribution in [3.8, 4) is 17.1 Å². The molecule has 27 heavy (non-hydrogen) atoms. The summed E-state index contributed by atoms with van der Waals surface area (Å²) in [5.74, 6) is 0.483. The van der Waals surface area contributed by atoms with Gasteiger partial charge in [-0.1, -0.05) is 11.0 Å². The molecule has 142 valence electrons. The van der Waals surface area contributed by atoms with E-state index in [0.29, 0.717) is 17.1 Å². The highest BCUT2D eigenvalue weighted by atomic mass is 32.2. The van der Waals surface area contributed by atoms with Crippen LogP contribution in [0.1, 0.15) is 19.4 Å². The van der Waals surface area contributed by atoms with E-state index in [2.05, 4.69) is 24.9 Å². The number of benzene rings is 1. The van der Waals surface area contributed by atoms with Gasteiger partial charge in [0.05, 0.1) is 22.9 Å². The largest absolute Gasteiger partial charge is 0.381 e. The normalized spacial score (nSPS) is 11.9. The molecule has 11 heteroatoms. The Hall–Kier alpha value is -2.89. The van der Waals surface area contributed by atoms with Crippen LogP contribution in [0.3, 0.4) is 0 Å². The number of aromatic nitrogens is 5. The van der Waals surface area contributed by atoms with E-state index in [0.717, 1.165) is 5.56 Å². The fourth-order valence-electron chi connectivity index (χ4n) is 2.26. The Labute approximate surface area is 156 Å². The van der Waals surface area contributed by atoms with Gasteiger partial charge in [-0.2, -0.15) is 9.78 Å². The summed E-state index contributed by atoms with van der Waals surface area (Å²) in [6, 6.07) is 4.69. The lowest BCUT2D eigenvalue weighted by Crippen LogP contribution is -2.27. The number of hydrogen-bond acceptors (Lipinski definition) is 8. The van der Waals surface area contributed by atoms with Gasteiger partial charge in [-0.05, 0) is 38.5 Å². The molecule has 0 unspecified atom stereocenters. The van der Waals surface area contributed by atoms with Crippen molar-refractivity contribution in [1.82, 2.24) is 29.6 Å². The van der Waals surface area contributed by atoms with Crippen LogP contribution in [0.15, 0.2) is 41.9 Å². The first kappa shape index (κ1) is 18.9. The standard InChI is InChI=1S/C16H19N7O3S/c1-10(2)26-22-27(24,25)12-5-4-11(3)13(6-12)14-7-19-15(17)16(21-14)23-9-18-8-20-23/h4-10,22H,1-3H3,(H2,17,19). The Morgan fingerprint density at radius 1 is 1.30 bits per heavy atom. The van der Waals surface area contributed by atoms with Gasteiger partial charge < -0.3 is 5.73 Å². The van der Waals surface area contributed by atoms with Gasteiger partial charge in [0.1, 0.15) is 12.7 Å². The molecule has 0 bridgehead atoms. The molecule has 0 aliphatic heterocycles. The van der Waals surface area contributed by atoms with Crippen molar-refractivity contribution in [1.29, 1.82) is 0 Å². The van der Waals surface area contributed by atoms with E-state index in [1.54, 1.807) is 19.9 Å². The van der Waals surface area contributed by atoms with Gasteiger partial charge in [0.15, 0.2) is 11.6 Å². The zero-order chi connectivity index (χ0) is 19.6. The van der Waals surface area contributed by atoms with Crippen LogP contribution >= 0.6 is 0 Å². The van der Waals surface area contributed by atoms with Gasteiger partial charge in [0.2, 0.25) is 0 Å². The summed E-state index contributed by atoms with van der Waals surface area (Å²) in [7, 11) is -3.84. The van der Waals surface area contributed by atoms with Crippen LogP contribution in [0, 0.1) is 6.92 Å². The number of sulfonamides is 1. The van der Waals surface area contributed by atoms with Crippen LogP contribution in [0.25, 0.3) is 17.1 Å². The van der Waals surface area contributed by atoms with Gasteiger partial charge in [-0.3, -0.25) is 4.84 Å². The maximum Gasteiger partial charge on any atom is 0.262 e. The van der Waals surface area contributed by atoms with Crippen LogP contribution in [0.2, 0.25) is 0 Å². The lowest BCUT2D eigenvalue weighted by atomic mass is 10.1. The molecular formula is C16H19N7O3S. The van der Waals surface area contributed by atoms with Crippen LogP contribution in [-0.4, -0.2) is 39.3 Å². The summed E-state index contributed by atoms with van der Waals surface area (Å²) in [6.45, 7) is 5.29. The number of nitrogens with two attached hydrogens (primary N) is 1. The molecule has 3 N–H and O–H groups in total. The zero-order valence-electron chi connectivity index (χ0n) is 15.0. The molecular weight excluding hydrogens is 370 g/mol. The molecule has 2 aromatic heterocycles. The summed E-state index contributed by atoms with van der Waals surface area (Å²) < 4.78 is 26.2. The van der Waals surface area contributed by atoms with E-state index in [-0.39, 0.29) is 16.8 Å². The van der Waals surface area contributed by atoms with Crippen molar-refractivity contribution >= 4 is 15.8 Å². The molecule has 0 fully saturated rings. The molecule has 0 spiro atoms. The predicted octanol–water partition coefficient (Wildman–Crippen LogP) is 1.23. The Morgan fingerprint density at radius 3 is 2.74 bits per heavy atom. The van der Waals surface area contributed by atoms with Crippen LogP contribution in [0.5, 0.6) is 0 Å². The maximum atomic E-state index is 12.4. The van der Waals surface area contributed by atoms with Crippen LogP contribution < -0.4 is 10.6 Å². The van der Waals surface area contributed by atoms with E-state index in [1.165, 1.54) is 35.7 Å².